The second-order valence-corrected chi connectivity index (χ2v) is 5.80. The molecule has 1 atom stereocenters. The van der Waals surface area contributed by atoms with Gasteiger partial charge < -0.3 is 9.84 Å². The molecule has 1 unspecified atom stereocenters. The first kappa shape index (κ1) is 15.9. The average molecular weight is 287 g/mol. The Morgan fingerprint density at radius 3 is 2.81 bits per heavy atom. The molecular formula is C18H25NO2. The van der Waals surface area contributed by atoms with E-state index in [1.807, 2.05) is 12.1 Å². The SMILES string of the molecule is COc1ccc(C#CCCO)cc1CN(C)C(C)C1CC1. The molecule has 1 aliphatic rings. The number of ether oxygens (including phenoxy) is 1. The standard InChI is InChI=1S/C18H25NO2/c1-14(16-8-9-16)19(2)13-17-12-15(6-4-5-11-20)7-10-18(17)21-3/h7,10,12,14,16,20H,5,8-9,11,13H2,1-3H3. The Bertz CT molecular complexity index is 526. The Labute approximate surface area is 127 Å². The van der Waals surface area contributed by atoms with Crippen molar-refractivity contribution < 1.29 is 9.84 Å². The van der Waals surface area contributed by atoms with Crippen LogP contribution in [0.25, 0.3) is 0 Å². The van der Waals surface area contributed by atoms with Gasteiger partial charge in [-0.1, -0.05) is 11.8 Å². The van der Waals surface area contributed by atoms with Crippen LogP contribution in [0.3, 0.4) is 0 Å². The predicted molar refractivity (Wildman–Crippen MR) is 85.2 cm³/mol. The highest BCUT2D eigenvalue weighted by Gasteiger charge is 2.30. The van der Waals surface area contributed by atoms with Crippen molar-refractivity contribution >= 4 is 0 Å². The molecule has 1 aromatic carbocycles. The minimum absolute atomic E-state index is 0.109. The Kier molecular flexibility index (Phi) is 5.67. The average Bonchev–Trinajstić information content (AvgIpc) is 3.31. The lowest BCUT2D eigenvalue weighted by Gasteiger charge is -2.25. The molecule has 0 amide bonds. The largest absolute Gasteiger partial charge is 0.496 e. The number of benzene rings is 1. The minimum Gasteiger partial charge on any atom is -0.496 e. The molecule has 0 spiro atoms. The number of methoxy groups -OCH3 is 1. The summed E-state index contributed by atoms with van der Waals surface area (Å²) in [6, 6.07) is 6.66. The number of hydrogen-bond donors (Lipinski definition) is 1. The molecule has 3 heteroatoms. The van der Waals surface area contributed by atoms with Crippen LogP contribution in [0, 0.1) is 17.8 Å². The van der Waals surface area contributed by atoms with Gasteiger partial charge in [0, 0.05) is 30.1 Å². The van der Waals surface area contributed by atoms with E-state index >= 15 is 0 Å². The summed E-state index contributed by atoms with van der Waals surface area (Å²) in [5.41, 5.74) is 2.15. The Balaban J connectivity index is 2.11. The van der Waals surface area contributed by atoms with Crippen molar-refractivity contribution in [2.75, 3.05) is 20.8 Å². The molecule has 1 saturated carbocycles. The summed E-state index contributed by atoms with van der Waals surface area (Å²) < 4.78 is 5.47. The summed E-state index contributed by atoms with van der Waals surface area (Å²) in [5, 5.41) is 8.79. The summed E-state index contributed by atoms with van der Waals surface area (Å²) in [6.45, 7) is 3.28. The molecular weight excluding hydrogens is 262 g/mol. The fraction of sp³-hybridized carbons (Fsp3) is 0.556. The van der Waals surface area contributed by atoms with Crippen LogP contribution in [-0.2, 0) is 6.54 Å². The predicted octanol–water partition coefficient (Wildman–Crippen LogP) is 2.66. The zero-order valence-corrected chi connectivity index (χ0v) is 13.2. The molecule has 2 rings (SSSR count). The summed E-state index contributed by atoms with van der Waals surface area (Å²) >= 11 is 0. The lowest BCUT2D eigenvalue weighted by atomic mass is 10.1. The lowest BCUT2D eigenvalue weighted by molar-refractivity contribution is 0.223. The van der Waals surface area contributed by atoms with Crippen LogP contribution < -0.4 is 4.74 Å². The zero-order chi connectivity index (χ0) is 15.2. The van der Waals surface area contributed by atoms with Crippen molar-refractivity contribution in [2.45, 2.75) is 38.8 Å². The number of hydrogen-bond acceptors (Lipinski definition) is 3. The van der Waals surface area contributed by atoms with Crippen molar-refractivity contribution in [3.05, 3.63) is 29.3 Å². The molecule has 0 radical (unpaired) electrons. The highest BCUT2D eigenvalue weighted by atomic mass is 16.5. The molecule has 0 bridgehead atoms. The van der Waals surface area contributed by atoms with Crippen molar-refractivity contribution in [3.8, 4) is 17.6 Å². The van der Waals surface area contributed by atoms with Gasteiger partial charge in [0.25, 0.3) is 0 Å². The van der Waals surface area contributed by atoms with Gasteiger partial charge in [-0.2, -0.15) is 0 Å². The van der Waals surface area contributed by atoms with E-state index in [1.165, 1.54) is 18.4 Å². The van der Waals surface area contributed by atoms with Crippen LogP contribution in [-0.4, -0.2) is 36.8 Å². The van der Waals surface area contributed by atoms with E-state index in [2.05, 4.69) is 36.8 Å². The van der Waals surface area contributed by atoms with E-state index in [9.17, 15) is 0 Å². The van der Waals surface area contributed by atoms with Crippen molar-refractivity contribution in [2.24, 2.45) is 5.92 Å². The third-order valence-electron chi connectivity index (χ3n) is 4.17. The molecule has 114 valence electrons. The number of nitrogens with zero attached hydrogens (tertiary/aromatic N) is 1. The second-order valence-electron chi connectivity index (χ2n) is 5.80. The highest BCUT2D eigenvalue weighted by Crippen LogP contribution is 2.35. The molecule has 0 aromatic heterocycles. The van der Waals surface area contributed by atoms with E-state index in [-0.39, 0.29) is 6.61 Å². The fourth-order valence-corrected chi connectivity index (χ4v) is 2.55. The second kappa shape index (κ2) is 7.49. The van der Waals surface area contributed by atoms with Gasteiger partial charge in [0.1, 0.15) is 5.75 Å². The molecule has 1 fully saturated rings. The zero-order valence-electron chi connectivity index (χ0n) is 13.2. The Morgan fingerprint density at radius 1 is 1.43 bits per heavy atom. The molecule has 1 aliphatic carbocycles. The smallest absolute Gasteiger partial charge is 0.123 e. The maximum absolute atomic E-state index is 8.79. The number of rotatable bonds is 6. The maximum Gasteiger partial charge on any atom is 0.123 e. The van der Waals surface area contributed by atoms with E-state index in [0.717, 1.165) is 23.8 Å². The summed E-state index contributed by atoms with van der Waals surface area (Å²) in [6.07, 6.45) is 3.23. The van der Waals surface area contributed by atoms with Gasteiger partial charge in [-0.25, -0.2) is 0 Å². The third kappa shape index (κ3) is 4.49. The van der Waals surface area contributed by atoms with Gasteiger partial charge in [-0.05, 0) is 50.9 Å². The van der Waals surface area contributed by atoms with Gasteiger partial charge >= 0.3 is 0 Å². The van der Waals surface area contributed by atoms with E-state index < -0.39 is 0 Å². The quantitative estimate of drug-likeness (QED) is 0.817. The van der Waals surface area contributed by atoms with E-state index in [1.54, 1.807) is 7.11 Å². The van der Waals surface area contributed by atoms with Gasteiger partial charge in [0.15, 0.2) is 0 Å². The van der Waals surface area contributed by atoms with Crippen LogP contribution in [0.2, 0.25) is 0 Å². The van der Waals surface area contributed by atoms with E-state index in [4.69, 9.17) is 9.84 Å². The molecule has 1 aromatic rings. The van der Waals surface area contributed by atoms with Crippen LogP contribution in [0.15, 0.2) is 18.2 Å². The molecule has 0 heterocycles. The lowest BCUT2D eigenvalue weighted by Crippen LogP contribution is -2.30. The first-order valence-corrected chi connectivity index (χ1v) is 7.62. The summed E-state index contributed by atoms with van der Waals surface area (Å²) in [4.78, 5) is 2.39. The maximum atomic E-state index is 8.79. The molecule has 3 nitrogen and oxygen atoms in total. The molecule has 0 aliphatic heterocycles. The number of aliphatic hydroxyl groups is 1. The van der Waals surface area contributed by atoms with Gasteiger partial charge in [0.2, 0.25) is 0 Å². The Hall–Kier alpha value is -1.50. The van der Waals surface area contributed by atoms with Crippen molar-refractivity contribution in [3.63, 3.8) is 0 Å². The molecule has 21 heavy (non-hydrogen) atoms. The minimum atomic E-state index is 0.109. The highest BCUT2D eigenvalue weighted by molar-refractivity contribution is 5.44. The molecule has 0 saturated heterocycles. The van der Waals surface area contributed by atoms with Crippen LogP contribution in [0.4, 0.5) is 0 Å². The van der Waals surface area contributed by atoms with Crippen LogP contribution >= 0.6 is 0 Å². The number of aliphatic hydroxyl groups excluding tert-OH is 1. The normalized spacial score (nSPS) is 15.5. The van der Waals surface area contributed by atoms with E-state index in [0.29, 0.717) is 12.5 Å². The van der Waals surface area contributed by atoms with Crippen molar-refractivity contribution in [1.82, 2.24) is 4.90 Å². The van der Waals surface area contributed by atoms with Crippen molar-refractivity contribution in [1.29, 1.82) is 0 Å². The monoisotopic (exact) mass is 287 g/mol. The molecule has 1 N–H and O–H groups in total. The topological polar surface area (TPSA) is 32.7 Å². The first-order valence-electron chi connectivity index (χ1n) is 7.62. The Morgan fingerprint density at radius 2 is 2.19 bits per heavy atom. The first-order chi connectivity index (χ1) is 10.2. The van der Waals surface area contributed by atoms with Gasteiger partial charge in [0.05, 0.1) is 13.7 Å². The van der Waals surface area contributed by atoms with Crippen LogP contribution in [0.1, 0.15) is 37.3 Å². The summed E-state index contributed by atoms with van der Waals surface area (Å²) in [5.74, 6) is 7.83. The third-order valence-corrected chi connectivity index (χ3v) is 4.17. The van der Waals surface area contributed by atoms with Gasteiger partial charge in [-0.15, -0.1) is 0 Å². The summed E-state index contributed by atoms with van der Waals surface area (Å²) in [7, 11) is 3.88. The van der Waals surface area contributed by atoms with Gasteiger partial charge in [-0.3, -0.25) is 4.90 Å². The van der Waals surface area contributed by atoms with Crippen LogP contribution in [0.5, 0.6) is 5.75 Å². The fourth-order valence-electron chi connectivity index (χ4n) is 2.55.